The third kappa shape index (κ3) is 6.09. The third-order valence-electron chi connectivity index (χ3n) is 4.94. The quantitative estimate of drug-likeness (QED) is 0.507. The Bertz CT molecular complexity index is 940. The van der Waals surface area contributed by atoms with E-state index < -0.39 is 6.10 Å². The highest BCUT2D eigenvalue weighted by Crippen LogP contribution is 2.32. The van der Waals surface area contributed by atoms with E-state index in [0.717, 1.165) is 29.2 Å². The van der Waals surface area contributed by atoms with Gasteiger partial charge in [-0.2, -0.15) is 5.10 Å². The molecule has 3 rings (SSSR count). The van der Waals surface area contributed by atoms with E-state index in [0.29, 0.717) is 30.6 Å². The SMILES string of the molecule is COc1ccc(Oc2c(CN(CC(C)C)C[C@H](C)O)c(C)nn2-c2ccccc2)cc1. The summed E-state index contributed by atoms with van der Waals surface area (Å²) in [5.74, 6) is 2.66. The van der Waals surface area contributed by atoms with Crippen LogP contribution in [0.2, 0.25) is 0 Å². The van der Waals surface area contributed by atoms with Crippen molar-refractivity contribution < 1.29 is 14.6 Å². The van der Waals surface area contributed by atoms with Crippen LogP contribution in [0.15, 0.2) is 54.6 Å². The van der Waals surface area contributed by atoms with Gasteiger partial charge in [-0.05, 0) is 56.2 Å². The summed E-state index contributed by atoms with van der Waals surface area (Å²) in [5, 5.41) is 14.8. The van der Waals surface area contributed by atoms with Crippen LogP contribution in [0.3, 0.4) is 0 Å². The Morgan fingerprint density at radius 2 is 1.61 bits per heavy atom. The molecule has 0 spiro atoms. The summed E-state index contributed by atoms with van der Waals surface area (Å²) in [7, 11) is 1.65. The van der Waals surface area contributed by atoms with Gasteiger partial charge in [0.25, 0.3) is 0 Å². The number of ether oxygens (including phenoxy) is 2. The van der Waals surface area contributed by atoms with Gasteiger partial charge in [0.2, 0.25) is 5.88 Å². The van der Waals surface area contributed by atoms with Crippen molar-refractivity contribution in [2.24, 2.45) is 5.92 Å². The topological polar surface area (TPSA) is 59.8 Å². The number of aryl methyl sites for hydroxylation is 1. The molecule has 0 aliphatic rings. The zero-order chi connectivity index (χ0) is 22.4. The number of methoxy groups -OCH3 is 1. The van der Waals surface area contributed by atoms with Gasteiger partial charge in [0.05, 0.1) is 30.2 Å². The van der Waals surface area contributed by atoms with E-state index in [4.69, 9.17) is 14.6 Å². The largest absolute Gasteiger partial charge is 0.497 e. The van der Waals surface area contributed by atoms with Gasteiger partial charge < -0.3 is 14.6 Å². The van der Waals surface area contributed by atoms with Gasteiger partial charge in [-0.3, -0.25) is 4.90 Å². The highest BCUT2D eigenvalue weighted by Gasteiger charge is 2.22. The molecule has 0 bridgehead atoms. The second-order valence-corrected chi connectivity index (χ2v) is 8.33. The number of hydrogen-bond donors (Lipinski definition) is 1. The second-order valence-electron chi connectivity index (χ2n) is 8.33. The average molecular weight is 424 g/mol. The maximum Gasteiger partial charge on any atom is 0.227 e. The molecule has 1 N–H and O–H groups in total. The van der Waals surface area contributed by atoms with Gasteiger partial charge in [0, 0.05) is 19.6 Å². The molecule has 0 amide bonds. The lowest BCUT2D eigenvalue weighted by Crippen LogP contribution is -2.33. The number of aliphatic hydroxyl groups is 1. The van der Waals surface area contributed by atoms with Crippen LogP contribution in [-0.2, 0) is 6.54 Å². The van der Waals surface area contributed by atoms with Crippen LogP contribution in [0.4, 0.5) is 0 Å². The van der Waals surface area contributed by atoms with Gasteiger partial charge in [-0.15, -0.1) is 0 Å². The van der Waals surface area contributed by atoms with Crippen molar-refractivity contribution in [3.63, 3.8) is 0 Å². The Kier molecular flexibility index (Phi) is 7.71. The number of para-hydroxylation sites is 1. The van der Waals surface area contributed by atoms with Crippen molar-refractivity contribution in [2.75, 3.05) is 20.2 Å². The highest BCUT2D eigenvalue weighted by molar-refractivity contribution is 5.44. The van der Waals surface area contributed by atoms with E-state index >= 15 is 0 Å². The monoisotopic (exact) mass is 423 g/mol. The minimum atomic E-state index is -0.408. The molecule has 1 atom stereocenters. The van der Waals surface area contributed by atoms with E-state index in [1.165, 1.54) is 0 Å². The number of aromatic nitrogens is 2. The molecule has 0 saturated heterocycles. The lowest BCUT2D eigenvalue weighted by molar-refractivity contribution is 0.114. The van der Waals surface area contributed by atoms with Crippen LogP contribution in [-0.4, -0.2) is 46.1 Å². The molecule has 31 heavy (non-hydrogen) atoms. The van der Waals surface area contributed by atoms with Crippen molar-refractivity contribution >= 4 is 0 Å². The molecule has 0 aliphatic carbocycles. The fourth-order valence-electron chi connectivity index (χ4n) is 3.64. The van der Waals surface area contributed by atoms with Crippen molar-refractivity contribution in [1.29, 1.82) is 0 Å². The smallest absolute Gasteiger partial charge is 0.227 e. The molecule has 0 aliphatic heterocycles. The van der Waals surface area contributed by atoms with Crippen molar-refractivity contribution in [1.82, 2.24) is 14.7 Å². The number of nitrogens with zero attached hydrogens (tertiary/aromatic N) is 3. The summed E-state index contributed by atoms with van der Waals surface area (Å²) in [5.41, 5.74) is 2.86. The Morgan fingerprint density at radius 1 is 0.968 bits per heavy atom. The molecular weight excluding hydrogens is 390 g/mol. The first-order valence-corrected chi connectivity index (χ1v) is 10.7. The molecule has 6 heteroatoms. The number of benzene rings is 2. The molecule has 2 aromatic carbocycles. The van der Waals surface area contributed by atoms with Gasteiger partial charge in [-0.25, -0.2) is 4.68 Å². The third-order valence-corrected chi connectivity index (χ3v) is 4.94. The van der Waals surface area contributed by atoms with Crippen molar-refractivity contribution in [2.45, 2.75) is 40.3 Å². The van der Waals surface area contributed by atoms with Gasteiger partial charge >= 0.3 is 0 Å². The van der Waals surface area contributed by atoms with Crippen LogP contribution in [0.25, 0.3) is 5.69 Å². The van der Waals surface area contributed by atoms with Crippen LogP contribution in [0.1, 0.15) is 32.0 Å². The van der Waals surface area contributed by atoms with Crippen LogP contribution in [0.5, 0.6) is 17.4 Å². The van der Waals surface area contributed by atoms with E-state index in [1.807, 2.05) is 73.1 Å². The summed E-state index contributed by atoms with van der Waals surface area (Å²) >= 11 is 0. The molecule has 1 heterocycles. The summed E-state index contributed by atoms with van der Waals surface area (Å²) < 4.78 is 13.5. The van der Waals surface area contributed by atoms with Crippen LogP contribution < -0.4 is 9.47 Å². The van der Waals surface area contributed by atoms with Crippen molar-refractivity contribution in [3.05, 3.63) is 65.9 Å². The Hall–Kier alpha value is -2.83. The first kappa shape index (κ1) is 22.8. The molecule has 0 unspecified atom stereocenters. The summed E-state index contributed by atoms with van der Waals surface area (Å²) in [6.45, 7) is 10.3. The Morgan fingerprint density at radius 3 is 2.19 bits per heavy atom. The standard InChI is InChI=1S/C25H33N3O3/c1-18(2)15-27(16-19(3)29)17-24-20(4)26-28(21-9-7-6-8-10-21)25(24)31-23-13-11-22(30-5)12-14-23/h6-14,18-19,29H,15-17H2,1-5H3/t19-/m0/s1. The first-order chi connectivity index (χ1) is 14.9. The fourth-order valence-corrected chi connectivity index (χ4v) is 3.64. The lowest BCUT2D eigenvalue weighted by atomic mass is 10.1. The van der Waals surface area contributed by atoms with Gasteiger partial charge in [0.1, 0.15) is 11.5 Å². The Labute approximate surface area is 185 Å². The van der Waals surface area contributed by atoms with E-state index in [-0.39, 0.29) is 0 Å². The van der Waals surface area contributed by atoms with E-state index in [9.17, 15) is 5.11 Å². The highest BCUT2D eigenvalue weighted by atomic mass is 16.5. The fraction of sp³-hybridized carbons (Fsp3) is 0.400. The average Bonchev–Trinajstić information content (AvgIpc) is 3.03. The lowest BCUT2D eigenvalue weighted by Gasteiger charge is -2.26. The zero-order valence-electron chi connectivity index (χ0n) is 19.1. The maximum atomic E-state index is 10.0. The summed E-state index contributed by atoms with van der Waals surface area (Å²) in [6.07, 6.45) is -0.408. The minimum absolute atomic E-state index is 0.408. The minimum Gasteiger partial charge on any atom is -0.497 e. The maximum absolute atomic E-state index is 10.0. The molecule has 1 aromatic heterocycles. The summed E-state index contributed by atoms with van der Waals surface area (Å²) in [4.78, 5) is 2.26. The van der Waals surface area contributed by atoms with Gasteiger partial charge in [0.15, 0.2) is 0 Å². The molecule has 6 nitrogen and oxygen atoms in total. The molecular formula is C25H33N3O3. The molecule has 166 valence electrons. The predicted molar refractivity (Wildman–Crippen MR) is 123 cm³/mol. The van der Waals surface area contributed by atoms with Crippen LogP contribution in [0, 0.1) is 12.8 Å². The molecule has 3 aromatic rings. The van der Waals surface area contributed by atoms with E-state index in [2.05, 4.69) is 18.7 Å². The number of rotatable bonds is 10. The Balaban J connectivity index is 2.01. The molecule has 0 saturated carbocycles. The zero-order valence-corrected chi connectivity index (χ0v) is 19.1. The molecule has 0 fully saturated rings. The summed E-state index contributed by atoms with van der Waals surface area (Å²) in [6, 6.07) is 17.5. The van der Waals surface area contributed by atoms with Gasteiger partial charge in [-0.1, -0.05) is 32.0 Å². The number of aliphatic hydroxyl groups excluding tert-OH is 1. The molecule has 0 radical (unpaired) electrons. The predicted octanol–water partition coefficient (Wildman–Crippen LogP) is 4.82. The van der Waals surface area contributed by atoms with E-state index in [1.54, 1.807) is 7.11 Å². The second kappa shape index (κ2) is 10.5. The first-order valence-electron chi connectivity index (χ1n) is 10.7. The van der Waals surface area contributed by atoms with Crippen molar-refractivity contribution in [3.8, 4) is 23.1 Å². The van der Waals surface area contributed by atoms with Crippen LogP contribution >= 0.6 is 0 Å². The normalized spacial score (nSPS) is 12.4. The number of hydrogen-bond acceptors (Lipinski definition) is 5.